The third-order valence-electron chi connectivity index (χ3n) is 9.01. The lowest BCUT2D eigenvalue weighted by Gasteiger charge is -2.36. The van der Waals surface area contributed by atoms with Gasteiger partial charge in [0.2, 0.25) is 17.7 Å². The number of aliphatic hydroxyl groups excluding tert-OH is 1. The topological polar surface area (TPSA) is 154 Å². The number of nitrogens with two attached hydrogens (primary N) is 1. The van der Waals surface area contributed by atoms with Crippen molar-refractivity contribution >= 4 is 35.4 Å². The van der Waals surface area contributed by atoms with E-state index in [4.69, 9.17) is 5.73 Å². The highest BCUT2D eigenvalue weighted by Crippen LogP contribution is 2.40. The molecule has 1 saturated heterocycles. The number of hydrogen-bond acceptors (Lipinski definition) is 7. The summed E-state index contributed by atoms with van der Waals surface area (Å²) in [5.74, 6) is -1.51. The molecule has 4 amide bonds. The zero-order chi connectivity index (χ0) is 34.4. The van der Waals surface area contributed by atoms with Crippen LogP contribution in [0.3, 0.4) is 0 Å². The Balaban J connectivity index is 1.85. The normalized spacial score (nSPS) is 21.5. The summed E-state index contributed by atoms with van der Waals surface area (Å²) in [4.78, 5) is 56.1. The second-order valence-electron chi connectivity index (χ2n) is 15.8. The first kappa shape index (κ1) is 37.8. The summed E-state index contributed by atoms with van der Waals surface area (Å²) in [6.07, 6.45) is 3.50. The van der Waals surface area contributed by atoms with Gasteiger partial charge >= 0.3 is 0 Å². The molecular formula is C35H57N5O5S. The fourth-order valence-corrected chi connectivity index (χ4v) is 7.34. The van der Waals surface area contributed by atoms with Gasteiger partial charge in [0.25, 0.3) is 5.91 Å². The van der Waals surface area contributed by atoms with Crippen LogP contribution >= 0.6 is 11.8 Å². The van der Waals surface area contributed by atoms with Crippen LogP contribution in [0.4, 0.5) is 0 Å². The van der Waals surface area contributed by atoms with E-state index in [1.807, 2.05) is 85.7 Å². The van der Waals surface area contributed by atoms with Crippen molar-refractivity contribution < 1.29 is 24.3 Å². The van der Waals surface area contributed by atoms with Gasteiger partial charge in [0.05, 0.1) is 18.0 Å². The maximum absolute atomic E-state index is 14.0. The maximum Gasteiger partial charge on any atom is 0.254 e. The van der Waals surface area contributed by atoms with E-state index in [1.165, 1.54) is 16.7 Å². The van der Waals surface area contributed by atoms with E-state index in [9.17, 15) is 24.3 Å². The van der Waals surface area contributed by atoms with Crippen molar-refractivity contribution in [1.29, 1.82) is 0 Å². The molecule has 10 nitrogen and oxygen atoms in total. The molecule has 1 heterocycles. The van der Waals surface area contributed by atoms with Crippen LogP contribution < -0.4 is 21.7 Å². The number of thioether (sulfide) groups is 1. The van der Waals surface area contributed by atoms with E-state index in [0.717, 1.165) is 37.7 Å². The Morgan fingerprint density at radius 1 is 0.978 bits per heavy atom. The maximum atomic E-state index is 14.0. The summed E-state index contributed by atoms with van der Waals surface area (Å²) in [5, 5.41) is 20.4. The van der Waals surface area contributed by atoms with Crippen LogP contribution in [0.5, 0.6) is 0 Å². The van der Waals surface area contributed by atoms with Crippen LogP contribution in [0.2, 0.25) is 0 Å². The number of nitrogens with one attached hydrogen (secondary N) is 3. The standard InChI is InChI=1S/C35H57N5O5S/c1-33(2,3)20-37-31(44)28-35(7,8)46-21-40(28)32(45)26(41)24(19-22-15-11-9-12-16-22)38-30(43)27(34(4,5)6)39-29(42)25(36)23-17-13-10-14-18-23/h9,11-12,15-16,23-28,41H,10,13-14,17-21,36H2,1-8H3,(H,37,44)(H,38,43)(H,39,42)/t24-,25-,26-,27+,28+/m0/s1. The molecule has 1 aromatic rings. The van der Waals surface area contributed by atoms with Crippen LogP contribution in [0.1, 0.15) is 93.1 Å². The monoisotopic (exact) mass is 659 g/mol. The fourth-order valence-electron chi connectivity index (χ4n) is 6.20. The van der Waals surface area contributed by atoms with Crippen LogP contribution in [-0.4, -0.2) is 81.1 Å². The summed E-state index contributed by atoms with van der Waals surface area (Å²) >= 11 is 1.47. The lowest BCUT2D eigenvalue weighted by molar-refractivity contribution is -0.148. The van der Waals surface area contributed by atoms with Gasteiger partial charge < -0.3 is 31.7 Å². The molecular weight excluding hydrogens is 602 g/mol. The van der Waals surface area contributed by atoms with Crippen molar-refractivity contribution in [3.8, 4) is 0 Å². The van der Waals surface area contributed by atoms with Crippen molar-refractivity contribution in [1.82, 2.24) is 20.9 Å². The third kappa shape index (κ3) is 10.2. The van der Waals surface area contributed by atoms with E-state index in [-0.39, 0.29) is 35.4 Å². The first-order chi connectivity index (χ1) is 21.3. The first-order valence-corrected chi connectivity index (χ1v) is 17.6. The molecule has 1 aliphatic heterocycles. The Hall–Kier alpha value is -2.63. The van der Waals surface area contributed by atoms with E-state index >= 15 is 0 Å². The predicted molar refractivity (Wildman–Crippen MR) is 184 cm³/mol. The highest BCUT2D eigenvalue weighted by molar-refractivity contribution is 8.00. The smallest absolute Gasteiger partial charge is 0.254 e. The minimum absolute atomic E-state index is 0.0684. The second-order valence-corrected chi connectivity index (χ2v) is 17.4. The highest BCUT2D eigenvalue weighted by Gasteiger charge is 2.50. The van der Waals surface area contributed by atoms with Crippen molar-refractivity contribution in [2.45, 2.75) is 129 Å². The second kappa shape index (κ2) is 15.5. The van der Waals surface area contributed by atoms with Crippen molar-refractivity contribution in [2.24, 2.45) is 22.5 Å². The van der Waals surface area contributed by atoms with E-state index in [2.05, 4.69) is 16.0 Å². The number of rotatable bonds is 11. The minimum Gasteiger partial charge on any atom is -0.381 e. The molecule has 6 N–H and O–H groups in total. The molecule has 2 aliphatic rings. The van der Waals surface area contributed by atoms with Gasteiger partial charge in [0.1, 0.15) is 12.1 Å². The van der Waals surface area contributed by atoms with Crippen molar-refractivity contribution in [2.75, 3.05) is 12.4 Å². The molecule has 0 spiro atoms. The van der Waals surface area contributed by atoms with Crippen molar-refractivity contribution in [3.05, 3.63) is 35.9 Å². The lowest BCUT2D eigenvalue weighted by Crippen LogP contribution is -2.62. The van der Waals surface area contributed by atoms with E-state index < -0.39 is 52.2 Å². The summed E-state index contributed by atoms with van der Waals surface area (Å²) in [6, 6.07) is 5.77. The molecule has 3 rings (SSSR count). The highest BCUT2D eigenvalue weighted by atomic mass is 32.2. The average Bonchev–Trinajstić information content (AvgIpc) is 3.31. The Labute approximate surface area is 279 Å². The molecule has 0 unspecified atom stereocenters. The molecule has 5 atom stereocenters. The quantitative estimate of drug-likeness (QED) is 0.244. The Kier molecular flexibility index (Phi) is 12.8. The van der Waals surface area contributed by atoms with Gasteiger partial charge in [-0.05, 0) is 55.4 Å². The van der Waals surface area contributed by atoms with E-state index in [1.54, 1.807) is 0 Å². The van der Waals surface area contributed by atoms with Gasteiger partial charge in [-0.25, -0.2) is 0 Å². The summed E-state index contributed by atoms with van der Waals surface area (Å²) in [5.41, 5.74) is 6.35. The number of benzene rings is 1. The zero-order valence-electron chi connectivity index (χ0n) is 29.0. The molecule has 0 aromatic heterocycles. The molecule has 258 valence electrons. The van der Waals surface area contributed by atoms with Crippen molar-refractivity contribution in [3.63, 3.8) is 0 Å². The van der Waals surface area contributed by atoms with Gasteiger partial charge in [-0.3, -0.25) is 19.2 Å². The van der Waals surface area contributed by atoms with E-state index in [0.29, 0.717) is 6.54 Å². The summed E-state index contributed by atoms with van der Waals surface area (Å²) in [7, 11) is 0. The number of hydrogen-bond donors (Lipinski definition) is 5. The predicted octanol–water partition coefficient (Wildman–Crippen LogP) is 3.36. The SMILES string of the molecule is CC(C)(C)CNC(=O)[C@H]1N(C(=O)[C@@H](O)[C@H](Cc2ccccc2)NC(=O)[C@@H](NC(=O)[C@@H](N)C2CCCCC2)C(C)(C)C)CSC1(C)C. The largest absolute Gasteiger partial charge is 0.381 e. The molecule has 11 heteroatoms. The van der Waals surface area contributed by atoms with Gasteiger partial charge in [0, 0.05) is 11.3 Å². The number of carbonyl (C=O) groups is 4. The van der Waals surface area contributed by atoms with Crippen LogP contribution in [0.25, 0.3) is 0 Å². The summed E-state index contributed by atoms with van der Waals surface area (Å²) < 4.78 is -0.589. The number of aliphatic hydroxyl groups is 1. The number of amides is 4. The van der Waals surface area contributed by atoms with Gasteiger partial charge in [0.15, 0.2) is 6.10 Å². The first-order valence-electron chi connectivity index (χ1n) is 16.6. The van der Waals surface area contributed by atoms with Gasteiger partial charge in [-0.15, -0.1) is 11.8 Å². The number of carbonyl (C=O) groups excluding carboxylic acids is 4. The Morgan fingerprint density at radius 3 is 2.15 bits per heavy atom. The van der Waals surface area contributed by atoms with Crippen LogP contribution in [0, 0.1) is 16.7 Å². The average molecular weight is 660 g/mol. The fraction of sp³-hybridized carbons (Fsp3) is 0.714. The molecule has 2 fully saturated rings. The Bertz CT molecular complexity index is 1210. The Morgan fingerprint density at radius 2 is 1.59 bits per heavy atom. The van der Waals surface area contributed by atoms with Gasteiger partial charge in [-0.2, -0.15) is 0 Å². The van der Waals surface area contributed by atoms with Gasteiger partial charge in [-0.1, -0.05) is 91.1 Å². The molecule has 1 aromatic carbocycles. The molecule has 46 heavy (non-hydrogen) atoms. The van der Waals surface area contributed by atoms with Crippen LogP contribution in [-0.2, 0) is 25.6 Å². The van der Waals surface area contributed by atoms with Crippen LogP contribution in [0.15, 0.2) is 30.3 Å². The molecule has 1 saturated carbocycles. The zero-order valence-corrected chi connectivity index (χ0v) is 29.8. The molecule has 0 bridgehead atoms. The molecule has 0 radical (unpaired) electrons. The third-order valence-corrected chi connectivity index (χ3v) is 10.4. The molecule has 1 aliphatic carbocycles. The summed E-state index contributed by atoms with van der Waals surface area (Å²) in [6.45, 7) is 15.9. The number of nitrogens with zero attached hydrogens (tertiary/aromatic N) is 1. The lowest BCUT2D eigenvalue weighted by atomic mass is 9.82. The minimum atomic E-state index is -1.64.